The highest BCUT2D eigenvalue weighted by atomic mass is 32.1. The van der Waals surface area contributed by atoms with Crippen LogP contribution in [0.15, 0.2) is 18.2 Å². The Morgan fingerprint density at radius 3 is 2.12 bits per heavy atom. The van der Waals surface area contributed by atoms with Crippen LogP contribution in [0.2, 0.25) is 0 Å². The molecule has 0 saturated carbocycles. The largest absolute Gasteiger partial charge is 0.366 e. The maximum absolute atomic E-state index is 5.05. The molecule has 1 rings (SSSR count). The van der Waals surface area contributed by atoms with Crippen LogP contribution in [-0.2, 0) is 0 Å². The molecule has 0 aliphatic carbocycles. The van der Waals surface area contributed by atoms with Crippen molar-refractivity contribution in [3.05, 3.63) is 23.8 Å². The molecule has 4 nitrogen and oxygen atoms in total. The second-order valence-electron chi connectivity index (χ2n) is 3.44. The fourth-order valence-corrected chi connectivity index (χ4v) is 1.49. The minimum absolute atomic E-state index is 0.593. The Hall–Kier alpha value is -1.40. The first kappa shape index (κ1) is 13.7. The summed E-state index contributed by atoms with van der Waals surface area (Å²) >= 11 is 10.1. The van der Waals surface area contributed by atoms with Gasteiger partial charge in [-0.15, -0.1) is 0 Å². The summed E-state index contributed by atoms with van der Waals surface area (Å²) in [5, 5.41) is 13.1. The van der Waals surface area contributed by atoms with E-state index in [4.69, 9.17) is 24.4 Å². The van der Waals surface area contributed by atoms with Crippen LogP contribution < -0.4 is 21.3 Å². The molecule has 1 aromatic rings. The Kier molecular flexibility index (Phi) is 5.11. The molecule has 6 heteroatoms. The lowest BCUT2D eigenvalue weighted by Crippen LogP contribution is -2.25. The Morgan fingerprint density at radius 2 is 1.59 bits per heavy atom. The van der Waals surface area contributed by atoms with Crippen molar-refractivity contribution in [3.63, 3.8) is 0 Å². The Morgan fingerprint density at radius 1 is 1.00 bits per heavy atom. The Bertz CT molecular complexity index is 431. The lowest BCUT2D eigenvalue weighted by atomic mass is 10.2. The van der Waals surface area contributed by atoms with Gasteiger partial charge in [-0.3, -0.25) is 0 Å². The smallest absolute Gasteiger partial charge is 0.170 e. The first-order chi connectivity index (χ1) is 8.06. The first-order valence-electron chi connectivity index (χ1n) is 5.15. The maximum atomic E-state index is 5.05. The fraction of sp³-hybridized carbons (Fsp3) is 0.273. The highest BCUT2D eigenvalue weighted by molar-refractivity contribution is 7.80. The predicted molar refractivity (Wildman–Crippen MR) is 81.7 cm³/mol. The summed E-state index contributed by atoms with van der Waals surface area (Å²) in [6, 6.07) is 5.90. The van der Waals surface area contributed by atoms with E-state index in [1.54, 1.807) is 14.1 Å². The molecule has 0 aliphatic heterocycles. The summed E-state index contributed by atoms with van der Waals surface area (Å²) in [7, 11) is 3.56. The standard InChI is InChI=1S/C11H16N4S2/c1-7-6-8(14-10(16)12-2)4-5-9(7)15-11(17)13-3/h4-6H,1-3H3,(H2,12,14,16)(H2,13,15,17). The Labute approximate surface area is 112 Å². The number of rotatable bonds is 2. The number of benzene rings is 1. The van der Waals surface area contributed by atoms with E-state index in [0.717, 1.165) is 16.9 Å². The molecule has 0 heterocycles. The van der Waals surface area contributed by atoms with Gasteiger partial charge in [0.05, 0.1) is 0 Å². The van der Waals surface area contributed by atoms with E-state index < -0.39 is 0 Å². The average molecular weight is 268 g/mol. The summed E-state index contributed by atoms with van der Waals surface area (Å²) < 4.78 is 0. The number of thiocarbonyl (C=S) groups is 2. The quantitative estimate of drug-likeness (QED) is 0.614. The summed E-state index contributed by atoms with van der Waals surface area (Å²) in [5.74, 6) is 0. The van der Waals surface area contributed by atoms with Gasteiger partial charge in [0.1, 0.15) is 0 Å². The van der Waals surface area contributed by atoms with Gasteiger partial charge in [0.2, 0.25) is 0 Å². The van der Waals surface area contributed by atoms with Crippen molar-refractivity contribution in [2.45, 2.75) is 6.92 Å². The van der Waals surface area contributed by atoms with Crippen molar-refractivity contribution in [2.75, 3.05) is 24.7 Å². The van der Waals surface area contributed by atoms with Crippen molar-refractivity contribution >= 4 is 46.0 Å². The SMILES string of the molecule is CNC(=S)Nc1ccc(NC(=S)NC)c(C)c1. The molecule has 0 atom stereocenters. The van der Waals surface area contributed by atoms with Crippen LogP contribution in [0.25, 0.3) is 0 Å². The number of anilines is 2. The van der Waals surface area contributed by atoms with Crippen LogP contribution >= 0.6 is 24.4 Å². The summed E-state index contributed by atoms with van der Waals surface area (Å²) in [5.41, 5.74) is 3.01. The van der Waals surface area contributed by atoms with Crippen LogP contribution in [-0.4, -0.2) is 24.3 Å². The van der Waals surface area contributed by atoms with E-state index in [2.05, 4.69) is 21.3 Å². The molecule has 0 bridgehead atoms. The number of aryl methyl sites for hydroxylation is 1. The van der Waals surface area contributed by atoms with Crippen LogP contribution in [0.1, 0.15) is 5.56 Å². The second kappa shape index (κ2) is 6.36. The molecule has 92 valence electrons. The second-order valence-corrected chi connectivity index (χ2v) is 4.25. The molecular formula is C11H16N4S2. The third-order valence-corrected chi connectivity index (χ3v) is 2.80. The van der Waals surface area contributed by atoms with Gasteiger partial charge in [-0.1, -0.05) is 0 Å². The third-order valence-electron chi connectivity index (χ3n) is 2.19. The number of nitrogens with one attached hydrogen (secondary N) is 4. The number of hydrogen-bond donors (Lipinski definition) is 4. The van der Waals surface area contributed by atoms with Crippen LogP contribution in [0.4, 0.5) is 11.4 Å². The minimum Gasteiger partial charge on any atom is -0.366 e. The first-order valence-corrected chi connectivity index (χ1v) is 5.96. The van der Waals surface area contributed by atoms with Gasteiger partial charge in [-0.05, 0) is 55.1 Å². The zero-order chi connectivity index (χ0) is 12.8. The van der Waals surface area contributed by atoms with E-state index >= 15 is 0 Å². The van der Waals surface area contributed by atoms with Gasteiger partial charge in [0, 0.05) is 25.5 Å². The van der Waals surface area contributed by atoms with Gasteiger partial charge in [-0.2, -0.15) is 0 Å². The van der Waals surface area contributed by atoms with E-state index in [-0.39, 0.29) is 0 Å². The molecule has 0 unspecified atom stereocenters. The zero-order valence-corrected chi connectivity index (χ0v) is 11.7. The number of hydrogen-bond acceptors (Lipinski definition) is 2. The van der Waals surface area contributed by atoms with Crippen LogP contribution in [0, 0.1) is 6.92 Å². The molecule has 0 aliphatic rings. The van der Waals surface area contributed by atoms with Gasteiger partial charge in [-0.25, -0.2) is 0 Å². The molecule has 1 aromatic carbocycles. The molecule has 4 N–H and O–H groups in total. The molecule has 0 aromatic heterocycles. The molecule has 0 saturated heterocycles. The fourth-order valence-electron chi connectivity index (χ4n) is 1.26. The lowest BCUT2D eigenvalue weighted by molar-refractivity contribution is 1.19. The van der Waals surface area contributed by atoms with Crippen molar-refractivity contribution in [2.24, 2.45) is 0 Å². The summed E-state index contributed by atoms with van der Waals surface area (Å²) in [4.78, 5) is 0. The average Bonchev–Trinajstić information content (AvgIpc) is 2.32. The normalized spacial score (nSPS) is 9.35. The van der Waals surface area contributed by atoms with Gasteiger partial charge >= 0.3 is 0 Å². The van der Waals surface area contributed by atoms with Crippen LogP contribution in [0.5, 0.6) is 0 Å². The van der Waals surface area contributed by atoms with E-state index in [1.165, 1.54) is 0 Å². The van der Waals surface area contributed by atoms with E-state index in [0.29, 0.717) is 10.2 Å². The highest BCUT2D eigenvalue weighted by Gasteiger charge is 2.02. The topological polar surface area (TPSA) is 48.1 Å². The molecule has 0 radical (unpaired) electrons. The van der Waals surface area contributed by atoms with Gasteiger partial charge in [0.15, 0.2) is 10.2 Å². The van der Waals surface area contributed by atoms with Crippen molar-refractivity contribution in [1.82, 2.24) is 10.6 Å². The molecule has 0 amide bonds. The molecule has 0 spiro atoms. The molecule has 17 heavy (non-hydrogen) atoms. The molecular weight excluding hydrogens is 252 g/mol. The van der Waals surface area contributed by atoms with Gasteiger partial charge < -0.3 is 21.3 Å². The lowest BCUT2D eigenvalue weighted by Gasteiger charge is -2.12. The van der Waals surface area contributed by atoms with Crippen molar-refractivity contribution in [1.29, 1.82) is 0 Å². The van der Waals surface area contributed by atoms with Crippen molar-refractivity contribution < 1.29 is 0 Å². The van der Waals surface area contributed by atoms with Crippen LogP contribution in [0.3, 0.4) is 0 Å². The highest BCUT2D eigenvalue weighted by Crippen LogP contribution is 2.19. The molecule has 0 fully saturated rings. The monoisotopic (exact) mass is 268 g/mol. The Balaban J connectivity index is 2.79. The van der Waals surface area contributed by atoms with Gasteiger partial charge in [0.25, 0.3) is 0 Å². The van der Waals surface area contributed by atoms with Crippen molar-refractivity contribution in [3.8, 4) is 0 Å². The third kappa shape index (κ3) is 4.16. The predicted octanol–water partition coefficient (Wildman–Crippen LogP) is 1.83. The van der Waals surface area contributed by atoms with E-state index in [9.17, 15) is 0 Å². The zero-order valence-electron chi connectivity index (χ0n) is 10.0. The summed E-state index contributed by atoms with van der Waals surface area (Å²) in [6.07, 6.45) is 0. The maximum Gasteiger partial charge on any atom is 0.170 e. The minimum atomic E-state index is 0.593. The summed E-state index contributed by atoms with van der Waals surface area (Å²) in [6.45, 7) is 2.01. The van der Waals surface area contributed by atoms with E-state index in [1.807, 2.05) is 25.1 Å².